The highest BCUT2D eigenvalue weighted by Gasteiger charge is 2.24. The van der Waals surface area contributed by atoms with Crippen molar-refractivity contribution in [1.29, 1.82) is 0 Å². The largest absolute Gasteiger partial charge is 0.514 e. The van der Waals surface area contributed by atoms with Crippen LogP contribution >= 0.6 is 0 Å². The third kappa shape index (κ3) is 13.7. The Labute approximate surface area is 229 Å². The molecular formula is C27H41NO11. The van der Waals surface area contributed by atoms with E-state index in [1.165, 1.54) is 18.2 Å². The Bertz CT molecular complexity index is 973. The number of hydrogen-bond acceptors (Lipinski definition) is 11. The maximum atomic E-state index is 12.3. The molecule has 220 valence electrons. The molecule has 12 nitrogen and oxygen atoms in total. The lowest BCUT2D eigenvalue weighted by Gasteiger charge is -2.22. The summed E-state index contributed by atoms with van der Waals surface area (Å²) in [5.74, 6) is -1.41. The summed E-state index contributed by atoms with van der Waals surface area (Å²) in [5.41, 5.74) is -0.278. The van der Waals surface area contributed by atoms with E-state index in [1.54, 1.807) is 41.5 Å². The topological polar surface area (TPSA) is 156 Å². The Morgan fingerprint density at radius 3 is 1.82 bits per heavy atom. The van der Waals surface area contributed by atoms with Crippen molar-refractivity contribution in [3.63, 3.8) is 0 Å². The fourth-order valence-electron chi connectivity index (χ4n) is 2.84. The van der Waals surface area contributed by atoms with E-state index in [-0.39, 0.29) is 30.6 Å². The molecule has 0 fully saturated rings. The molecule has 1 aromatic carbocycles. The predicted octanol–water partition coefficient (Wildman–Crippen LogP) is 5.24. The zero-order valence-electron chi connectivity index (χ0n) is 23.9. The number of carboxylic acid groups (broad SMARTS) is 1. The number of carbonyl (C=O) groups excluding carboxylic acids is 3. The van der Waals surface area contributed by atoms with Gasteiger partial charge in [-0.1, -0.05) is 19.9 Å². The Kier molecular flexibility index (Phi) is 13.5. The van der Waals surface area contributed by atoms with Gasteiger partial charge in [0, 0.05) is 6.54 Å². The number of rotatable bonds is 13. The molecule has 0 heterocycles. The quantitative estimate of drug-likeness (QED) is 0.186. The van der Waals surface area contributed by atoms with Gasteiger partial charge in [0.1, 0.15) is 30.0 Å². The summed E-state index contributed by atoms with van der Waals surface area (Å²) in [6.45, 7) is 13.8. The van der Waals surface area contributed by atoms with Crippen molar-refractivity contribution in [1.82, 2.24) is 5.32 Å². The maximum Gasteiger partial charge on any atom is 0.514 e. The fraction of sp³-hybridized carbons (Fsp3) is 0.630. The normalized spacial score (nSPS) is 14.3. The van der Waals surface area contributed by atoms with Crippen LogP contribution in [-0.2, 0) is 30.2 Å². The van der Waals surface area contributed by atoms with Gasteiger partial charge in [-0.25, -0.2) is 14.4 Å². The van der Waals surface area contributed by atoms with E-state index in [1.807, 2.05) is 13.8 Å². The van der Waals surface area contributed by atoms with Gasteiger partial charge in [0.05, 0.1) is 0 Å². The molecule has 0 amide bonds. The van der Waals surface area contributed by atoms with Crippen LogP contribution in [0.4, 0.5) is 14.4 Å². The van der Waals surface area contributed by atoms with Crippen LogP contribution in [0.5, 0.6) is 11.5 Å². The second-order valence-corrected chi connectivity index (χ2v) is 10.1. The molecule has 2 N–H and O–H groups in total. The Balaban J connectivity index is 3.01. The molecule has 0 aromatic heterocycles. The minimum atomic E-state index is -1.16. The van der Waals surface area contributed by atoms with Crippen LogP contribution in [-0.4, -0.2) is 66.0 Å². The Hall–Kier alpha value is -3.54. The standard InChI is InChI=1S/C27H41NO11/c1-9-16(3)34-24(31)37-21-12-11-19(14-22(21)38-25(32)35-17(4)10-2)13-20(23(29)30)28-15-18(5)36-26(33)39-27(6,7)8/h11-12,14,16-18,20,28H,9-10,13,15H2,1-8H3,(H,29,30)/t16?,17?,18?,20-/m0/s1. The summed E-state index contributed by atoms with van der Waals surface area (Å²) in [7, 11) is 0. The highest BCUT2D eigenvalue weighted by Crippen LogP contribution is 2.30. The number of ether oxygens (including phenoxy) is 6. The summed E-state index contributed by atoms with van der Waals surface area (Å²) >= 11 is 0. The van der Waals surface area contributed by atoms with Crippen LogP contribution in [0.3, 0.4) is 0 Å². The molecule has 0 aliphatic heterocycles. The fourth-order valence-corrected chi connectivity index (χ4v) is 2.84. The molecule has 0 bridgehead atoms. The second kappa shape index (κ2) is 15.8. The minimum Gasteiger partial charge on any atom is -0.480 e. The van der Waals surface area contributed by atoms with E-state index in [4.69, 9.17) is 28.4 Å². The Morgan fingerprint density at radius 1 is 0.821 bits per heavy atom. The molecule has 4 atom stereocenters. The van der Waals surface area contributed by atoms with Crippen molar-refractivity contribution in [2.24, 2.45) is 0 Å². The maximum absolute atomic E-state index is 12.3. The van der Waals surface area contributed by atoms with Gasteiger partial charge in [0.15, 0.2) is 11.5 Å². The van der Waals surface area contributed by atoms with Crippen molar-refractivity contribution in [3.8, 4) is 11.5 Å². The molecule has 39 heavy (non-hydrogen) atoms. The van der Waals surface area contributed by atoms with Crippen molar-refractivity contribution in [3.05, 3.63) is 23.8 Å². The van der Waals surface area contributed by atoms with Crippen LogP contribution < -0.4 is 14.8 Å². The van der Waals surface area contributed by atoms with E-state index < -0.39 is 48.3 Å². The molecule has 0 saturated carbocycles. The first-order valence-electron chi connectivity index (χ1n) is 12.9. The smallest absolute Gasteiger partial charge is 0.480 e. The monoisotopic (exact) mass is 555 g/mol. The van der Waals surface area contributed by atoms with E-state index >= 15 is 0 Å². The van der Waals surface area contributed by atoms with E-state index in [2.05, 4.69) is 5.32 Å². The van der Waals surface area contributed by atoms with Crippen molar-refractivity contribution < 1.29 is 52.7 Å². The SMILES string of the molecule is CCC(C)OC(=O)Oc1ccc(C[C@H](NCC(C)OC(=O)OC(C)(C)C)C(=O)O)cc1OC(=O)OC(C)CC. The van der Waals surface area contributed by atoms with Crippen LogP contribution in [0, 0.1) is 0 Å². The van der Waals surface area contributed by atoms with Gasteiger partial charge < -0.3 is 38.8 Å². The molecule has 3 unspecified atom stereocenters. The predicted molar refractivity (Wildman–Crippen MR) is 140 cm³/mol. The first-order chi connectivity index (χ1) is 18.1. The lowest BCUT2D eigenvalue weighted by Crippen LogP contribution is -2.43. The summed E-state index contributed by atoms with van der Waals surface area (Å²) in [6.07, 6.45) is -3.25. The van der Waals surface area contributed by atoms with Crippen LogP contribution in [0.15, 0.2) is 18.2 Å². The molecule has 0 spiro atoms. The van der Waals surface area contributed by atoms with Crippen LogP contribution in [0.2, 0.25) is 0 Å². The van der Waals surface area contributed by atoms with Gasteiger partial charge in [-0.05, 0) is 78.5 Å². The first-order valence-corrected chi connectivity index (χ1v) is 12.9. The summed E-state index contributed by atoms with van der Waals surface area (Å²) < 4.78 is 31.0. The molecular weight excluding hydrogens is 514 g/mol. The lowest BCUT2D eigenvalue weighted by atomic mass is 10.0. The summed E-state index contributed by atoms with van der Waals surface area (Å²) in [6, 6.07) is 3.18. The van der Waals surface area contributed by atoms with Crippen molar-refractivity contribution in [2.45, 2.75) is 105 Å². The van der Waals surface area contributed by atoms with E-state index in [0.29, 0.717) is 18.4 Å². The van der Waals surface area contributed by atoms with E-state index in [0.717, 1.165) is 0 Å². The van der Waals surface area contributed by atoms with Gasteiger partial charge >= 0.3 is 24.4 Å². The second-order valence-electron chi connectivity index (χ2n) is 10.1. The third-order valence-electron chi connectivity index (χ3n) is 5.22. The molecule has 12 heteroatoms. The minimum absolute atomic E-state index is 0.0312. The summed E-state index contributed by atoms with van der Waals surface area (Å²) in [4.78, 5) is 48.2. The van der Waals surface area contributed by atoms with E-state index in [9.17, 15) is 24.3 Å². The van der Waals surface area contributed by atoms with Crippen LogP contribution in [0.25, 0.3) is 0 Å². The van der Waals surface area contributed by atoms with Gasteiger partial charge in [-0.15, -0.1) is 0 Å². The number of aliphatic carboxylic acids is 1. The summed E-state index contributed by atoms with van der Waals surface area (Å²) in [5, 5.41) is 12.6. The highest BCUT2D eigenvalue weighted by molar-refractivity contribution is 5.74. The van der Waals surface area contributed by atoms with Crippen molar-refractivity contribution >= 4 is 24.4 Å². The molecule has 0 aliphatic rings. The van der Waals surface area contributed by atoms with Gasteiger partial charge in [0.25, 0.3) is 0 Å². The lowest BCUT2D eigenvalue weighted by molar-refractivity contribution is -0.139. The number of carbonyl (C=O) groups is 4. The zero-order valence-corrected chi connectivity index (χ0v) is 23.9. The first kappa shape index (κ1) is 33.5. The van der Waals surface area contributed by atoms with Crippen LogP contribution in [0.1, 0.15) is 73.8 Å². The average molecular weight is 556 g/mol. The van der Waals surface area contributed by atoms with Crippen molar-refractivity contribution in [2.75, 3.05) is 6.54 Å². The van der Waals surface area contributed by atoms with Gasteiger partial charge in [0.2, 0.25) is 0 Å². The molecule has 0 saturated heterocycles. The number of hydrogen-bond donors (Lipinski definition) is 2. The average Bonchev–Trinajstić information content (AvgIpc) is 2.81. The Morgan fingerprint density at radius 2 is 1.33 bits per heavy atom. The van der Waals surface area contributed by atoms with Gasteiger partial charge in [-0.2, -0.15) is 0 Å². The third-order valence-corrected chi connectivity index (χ3v) is 5.22. The zero-order chi connectivity index (χ0) is 29.8. The molecule has 1 aromatic rings. The molecule has 0 aliphatic carbocycles. The molecule has 0 radical (unpaired) electrons. The van der Waals surface area contributed by atoms with Gasteiger partial charge in [-0.3, -0.25) is 4.79 Å². The number of nitrogens with one attached hydrogen (secondary N) is 1. The number of benzene rings is 1. The highest BCUT2D eigenvalue weighted by atomic mass is 16.8. The number of carboxylic acids is 1. The molecule has 1 rings (SSSR count).